The summed E-state index contributed by atoms with van der Waals surface area (Å²) in [7, 11) is 1.47. The van der Waals surface area contributed by atoms with Gasteiger partial charge in [0, 0.05) is 17.2 Å². The first-order chi connectivity index (χ1) is 14.3. The molecular weight excluding hydrogens is 408 g/mol. The third-order valence-electron chi connectivity index (χ3n) is 4.40. The zero-order valence-corrected chi connectivity index (χ0v) is 17.6. The van der Waals surface area contributed by atoms with Crippen molar-refractivity contribution >= 4 is 34.3 Å². The molecule has 4 aromatic rings. The second-order valence-electron chi connectivity index (χ2n) is 7.66. The van der Waals surface area contributed by atoms with Crippen LogP contribution in [0.15, 0.2) is 41.1 Å². The summed E-state index contributed by atoms with van der Waals surface area (Å²) in [6, 6.07) is 8.40. The van der Waals surface area contributed by atoms with Crippen molar-refractivity contribution in [3.05, 3.63) is 53.1 Å². The highest BCUT2D eigenvalue weighted by Crippen LogP contribution is 2.31. The number of nitrogens with zero attached hydrogens (tertiary/aromatic N) is 5. The standard InChI is InChI=1S/C20H19ClN6O3/c1-20(2,3)19-24-14-7-11(5-6-16(14)30-19)23-18(28)12-8-13(21)15(9-17(12)29-4)27-10-22-25-26-27/h5-10H,1-4H3,(H,23,28). The van der Waals surface area contributed by atoms with Gasteiger partial charge in [-0.2, -0.15) is 4.68 Å². The molecule has 4 rings (SSSR count). The van der Waals surface area contributed by atoms with Crippen molar-refractivity contribution in [2.45, 2.75) is 26.2 Å². The van der Waals surface area contributed by atoms with Gasteiger partial charge >= 0.3 is 0 Å². The van der Waals surface area contributed by atoms with Crippen molar-refractivity contribution in [1.29, 1.82) is 0 Å². The Morgan fingerprint density at radius 1 is 1.23 bits per heavy atom. The van der Waals surface area contributed by atoms with Gasteiger partial charge in [0.05, 0.1) is 23.4 Å². The molecule has 2 aromatic carbocycles. The van der Waals surface area contributed by atoms with Crippen molar-refractivity contribution < 1.29 is 13.9 Å². The van der Waals surface area contributed by atoms with E-state index >= 15 is 0 Å². The molecule has 0 bridgehead atoms. The Bertz CT molecular complexity index is 1230. The SMILES string of the molecule is COc1cc(-n2cnnn2)c(Cl)cc1C(=O)Nc1ccc2oc(C(C)(C)C)nc2c1. The number of aromatic nitrogens is 5. The van der Waals surface area contributed by atoms with E-state index in [1.807, 2.05) is 20.8 Å². The lowest BCUT2D eigenvalue weighted by Crippen LogP contribution is -2.14. The zero-order valence-electron chi connectivity index (χ0n) is 16.8. The molecule has 1 N–H and O–H groups in total. The van der Waals surface area contributed by atoms with Crippen LogP contribution >= 0.6 is 11.6 Å². The Kier molecular flexibility index (Phi) is 4.90. The first-order valence-electron chi connectivity index (χ1n) is 9.09. The topological polar surface area (TPSA) is 108 Å². The van der Waals surface area contributed by atoms with Gasteiger partial charge in [-0.05, 0) is 34.7 Å². The van der Waals surface area contributed by atoms with E-state index in [1.165, 1.54) is 24.2 Å². The monoisotopic (exact) mass is 426 g/mol. The molecule has 0 aliphatic rings. The van der Waals surface area contributed by atoms with E-state index in [0.717, 1.165) is 0 Å². The summed E-state index contributed by atoms with van der Waals surface area (Å²) >= 11 is 6.35. The Balaban J connectivity index is 1.64. The zero-order chi connectivity index (χ0) is 21.5. The highest BCUT2D eigenvalue weighted by molar-refractivity contribution is 6.33. The van der Waals surface area contributed by atoms with Crippen molar-refractivity contribution in [1.82, 2.24) is 25.2 Å². The fourth-order valence-corrected chi connectivity index (χ4v) is 3.11. The maximum Gasteiger partial charge on any atom is 0.259 e. The highest BCUT2D eigenvalue weighted by atomic mass is 35.5. The third kappa shape index (κ3) is 3.71. The molecule has 1 amide bonds. The summed E-state index contributed by atoms with van der Waals surface area (Å²) in [5, 5.41) is 14.1. The highest BCUT2D eigenvalue weighted by Gasteiger charge is 2.22. The second-order valence-corrected chi connectivity index (χ2v) is 8.07. The Hall–Kier alpha value is -3.46. The summed E-state index contributed by atoms with van der Waals surface area (Å²) in [4.78, 5) is 17.4. The van der Waals surface area contributed by atoms with Crippen molar-refractivity contribution in [3.63, 3.8) is 0 Å². The van der Waals surface area contributed by atoms with Gasteiger partial charge < -0.3 is 14.5 Å². The van der Waals surface area contributed by atoms with Gasteiger partial charge in [-0.3, -0.25) is 4.79 Å². The molecule has 0 aliphatic carbocycles. The predicted octanol–water partition coefficient (Wildman–Crippen LogP) is 4.02. The molecular formula is C20H19ClN6O3. The Morgan fingerprint density at radius 3 is 2.70 bits per heavy atom. The molecule has 0 saturated heterocycles. The Morgan fingerprint density at radius 2 is 2.03 bits per heavy atom. The number of hydrogen-bond donors (Lipinski definition) is 1. The number of halogens is 1. The van der Waals surface area contributed by atoms with Crippen LogP contribution in [0.25, 0.3) is 16.8 Å². The number of rotatable bonds is 4. The normalized spacial score (nSPS) is 11.6. The van der Waals surface area contributed by atoms with Crippen molar-refractivity contribution in [2.75, 3.05) is 12.4 Å². The molecule has 2 heterocycles. The lowest BCUT2D eigenvalue weighted by atomic mass is 9.97. The number of benzene rings is 2. The van der Waals surface area contributed by atoms with E-state index in [9.17, 15) is 4.79 Å². The molecule has 0 fully saturated rings. The molecule has 9 nitrogen and oxygen atoms in total. The number of carbonyl (C=O) groups is 1. The van der Waals surface area contributed by atoms with Gasteiger partial charge in [-0.25, -0.2) is 4.98 Å². The summed E-state index contributed by atoms with van der Waals surface area (Å²) in [6.45, 7) is 6.07. The van der Waals surface area contributed by atoms with Crippen LogP contribution in [0, 0.1) is 0 Å². The minimum absolute atomic E-state index is 0.214. The van der Waals surface area contributed by atoms with Crippen LogP contribution in [-0.2, 0) is 5.41 Å². The number of hydrogen-bond acceptors (Lipinski definition) is 7. The molecule has 0 spiro atoms. The molecule has 0 atom stereocenters. The number of oxazole rings is 1. The van der Waals surface area contributed by atoms with Crippen molar-refractivity contribution in [2.24, 2.45) is 0 Å². The van der Waals surface area contributed by atoms with E-state index in [0.29, 0.717) is 39.1 Å². The molecule has 2 aromatic heterocycles. The summed E-state index contributed by atoms with van der Waals surface area (Å²) < 4.78 is 12.6. The maximum atomic E-state index is 12.9. The molecule has 0 unspecified atom stereocenters. The average molecular weight is 427 g/mol. The van der Waals surface area contributed by atoms with Gasteiger partial charge in [-0.1, -0.05) is 32.4 Å². The van der Waals surface area contributed by atoms with Crippen LogP contribution in [-0.4, -0.2) is 38.2 Å². The number of amides is 1. The van der Waals surface area contributed by atoms with E-state index in [-0.39, 0.29) is 16.9 Å². The number of carbonyl (C=O) groups excluding carboxylic acids is 1. The molecule has 0 saturated carbocycles. The number of nitrogens with one attached hydrogen (secondary N) is 1. The fourth-order valence-electron chi connectivity index (χ4n) is 2.86. The molecule has 30 heavy (non-hydrogen) atoms. The van der Waals surface area contributed by atoms with Gasteiger partial charge in [0.2, 0.25) is 5.89 Å². The van der Waals surface area contributed by atoms with Crippen LogP contribution < -0.4 is 10.1 Å². The smallest absolute Gasteiger partial charge is 0.259 e. The largest absolute Gasteiger partial charge is 0.496 e. The lowest BCUT2D eigenvalue weighted by Gasteiger charge is -2.12. The van der Waals surface area contributed by atoms with Crippen LogP contribution in [0.2, 0.25) is 5.02 Å². The lowest BCUT2D eigenvalue weighted by molar-refractivity contribution is 0.102. The van der Waals surface area contributed by atoms with Gasteiger partial charge in [0.15, 0.2) is 5.58 Å². The van der Waals surface area contributed by atoms with Gasteiger partial charge in [-0.15, -0.1) is 5.10 Å². The molecule has 0 radical (unpaired) electrons. The number of fused-ring (bicyclic) bond motifs is 1. The number of methoxy groups -OCH3 is 1. The number of tetrazole rings is 1. The molecule has 154 valence electrons. The predicted molar refractivity (Wildman–Crippen MR) is 111 cm³/mol. The van der Waals surface area contributed by atoms with Crippen LogP contribution in [0.1, 0.15) is 37.0 Å². The quantitative estimate of drug-likeness (QED) is 0.525. The summed E-state index contributed by atoms with van der Waals surface area (Å²) in [5.41, 5.74) is 2.45. The van der Waals surface area contributed by atoms with E-state index in [1.54, 1.807) is 24.3 Å². The minimum atomic E-state index is -0.379. The van der Waals surface area contributed by atoms with Crippen molar-refractivity contribution in [3.8, 4) is 11.4 Å². The van der Waals surface area contributed by atoms with Gasteiger partial charge in [0.25, 0.3) is 5.91 Å². The van der Waals surface area contributed by atoms with E-state index in [2.05, 4.69) is 25.8 Å². The van der Waals surface area contributed by atoms with Crippen LogP contribution in [0.4, 0.5) is 5.69 Å². The van der Waals surface area contributed by atoms with Crippen LogP contribution in [0.5, 0.6) is 5.75 Å². The van der Waals surface area contributed by atoms with E-state index in [4.69, 9.17) is 20.8 Å². The summed E-state index contributed by atoms with van der Waals surface area (Å²) in [6.07, 6.45) is 1.40. The maximum absolute atomic E-state index is 12.9. The third-order valence-corrected chi connectivity index (χ3v) is 4.70. The minimum Gasteiger partial charge on any atom is -0.496 e. The second kappa shape index (κ2) is 7.42. The first kappa shape index (κ1) is 19.8. The number of anilines is 1. The van der Waals surface area contributed by atoms with E-state index < -0.39 is 0 Å². The summed E-state index contributed by atoms with van der Waals surface area (Å²) in [5.74, 6) is 0.587. The Labute approximate surface area is 177 Å². The average Bonchev–Trinajstić information content (AvgIpc) is 3.37. The number of ether oxygens (including phenoxy) is 1. The first-order valence-corrected chi connectivity index (χ1v) is 9.47. The fraction of sp³-hybridized carbons (Fsp3) is 0.250. The van der Waals surface area contributed by atoms with Crippen LogP contribution in [0.3, 0.4) is 0 Å². The van der Waals surface area contributed by atoms with Gasteiger partial charge in [0.1, 0.15) is 17.6 Å². The molecule has 0 aliphatic heterocycles. The molecule has 10 heteroatoms.